The SMILES string of the molecule is S=C(c1cn(CCOc2ccccc2Cl)c2ccccc12)N1CCOCC1. The molecule has 0 unspecified atom stereocenters. The van der Waals surface area contributed by atoms with E-state index in [0.29, 0.717) is 17.4 Å². The number of para-hydroxylation sites is 2. The average Bonchev–Trinajstić information content (AvgIpc) is 3.08. The Hall–Kier alpha value is -2.08. The van der Waals surface area contributed by atoms with Crippen molar-refractivity contribution < 1.29 is 9.47 Å². The molecule has 0 radical (unpaired) electrons. The van der Waals surface area contributed by atoms with Crippen LogP contribution in [-0.4, -0.2) is 47.4 Å². The van der Waals surface area contributed by atoms with Gasteiger partial charge in [0.25, 0.3) is 0 Å². The molecular formula is C21H21ClN2O2S. The summed E-state index contributed by atoms with van der Waals surface area (Å²) in [6.45, 7) is 4.39. The number of ether oxygens (including phenoxy) is 2. The lowest BCUT2D eigenvalue weighted by atomic mass is 10.1. The summed E-state index contributed by atoms with van der Waals surface area (Å²) in [7, 11) is 0. The van der Waals surface area contributed by atoms with Gasteiger partial charge in [0, 0.05) is 35.8 Å². The number of nitrogens with zero attached hydrogens (tertiary/aromatic N) is 2. The van der Waals surface area contributed by atoms with Crippen LogP contribution >= 0.6 is 23.8 Å². The number of thiocarbonyl (C=S) groups is 1. The second-order valence-electron chi connectivity index (χ2n) is 6.44. The maximum atomic E-state index is 6.17. The maximum absolute atomic E-state index is 6.17. The molecule has 6 heteroatoms. The topological polar surface area (TPSA) is 26.6 Å². The van der Waals surface area contributed by atoms with Crippen molar-refractivity contribution in [2.45, 2.75) is 6.54 Å². The minimum atomic E-state index is 0.534. The van der Waals surface area contributed by atoms with Crippen LogP contribution in [0.25, 0.3) is 10.9 Å². The number of fused-ring (bicyclic) bond motifs is 1. The standard InChI is InChI=1S/C21H21ClN2O2S/c22-18-6-2-4-8-20(18)26-14-11-24-15-17(16-5-1-3-7-19(16)24)21(27)23-9-12-25-13-10-23/h1-8,15H,9-14H2. The van der Waals surface area contributed by atoms with Gasteiger partial charge in [0.05, 0.1) is 24.8 Å². The van der Waals surface area contributed by atoms with Gasteiger partial charge in [0.1, 0.15) is 17.3 Å². The normalized spacial score (nSPS) is 14.5. The molecule has 0 aliphatic carbocycles. The molecule has 1 aliphatic rings. The van der Waals surface area contributed by atoms with Crippen LogP contribution in [0.4, 0.5) is 0 Å². The van der Waals surface area contributed by atoms with Crippen molar-refractivity contribution in [3.05, 3.63) is 65.3 Å². The van der Waals surface area contributed by atoms with Crippen molar-refractivity contribution in [2.75, 3.05) is 32.9 Å². The quantitative estimate of drug-likeness (QED) is 0.594. The minimum Gasteiger partial charge on any atom is -0.490 e. The van der Waals surface area contributed by atoms with Gasteiger partial charge in [-0.25, -0.2) is 0 Å². The summed E-state index contributed by atoms with van der Waals surface area (Å²) < 4.78 is 13.5. The molecule has 0 saturated carbocycles. The van der Waals surface area contributed by atoms with Gasteiger partial charge in [0.15, 0.2) is 0 Å². The molecule has 0 N–H and O–H groups in total. The summed E-state index contributed by atoms with van der Waals surface area (Å²) >= 11 is 12.0. The third-order valence-corrected chi connectivity index (χ3v) is 5.53. The van der Waals surface area contributed by atoms with E-state index in [4.69, 9.17) is 33.3 Å². The number of hydrogen-bond acceptors (Lipinski definition) is 3. The Morgan fingerprint density at radius 3 is 2.63 bits per heavy atom. The van der Waals surface area contributed by atoms with E-state index in [2.05, 4.69) is 39.9 Å². The molecule has 0 spiro atoms. The number of benzene rings is 2. The zero-order valence-electron chi connectivity index (χ0n) is 14.9. The molecule has 27 heavy (non-hydrogen) atoms. The molecule has 0 amide bonds. The molecule has 1 saturated heterocycles. The third-order valence-electron chi connectivity index (χ3n) is 4.74. The Morgan fingerprint density at radius 2 is 1.81 bits per heavy atom. The number of hydrogen-bond donors (Lipinski definition) is 0. The number of aromatic nitrogens is 1. The molecule has 1 fully saturated rings. The first-order chi connectivity index (χ1) is 13.2. The lowest BCUT2D eigenvalue weighted by Gasteiger charge is -2.29. The van der Waals surface area contributed by atoms with Crippen molar-refractivity contribution in [1.29, 1.82) is 0 Å². The van der Waals surface area contributed by atoms with Crippen LogP contribution in [0.1, 0.15) is 5.56 Å². The van der Waals surface area contributed by atoms with Crippen LogP contribution in [0.5, 0.6) is 5.75 Å². The van der Waals surface area contributed by atoms with Crippen molar-refractivity contribution in [2.24, 2.45) is 0 Å². The maximum Gasteiger partial charge on any atom is 0.137 e. The number of rotatable bonds is 5. The van der Waals surface area contributed by atoms with Gasteiger partial charge in [0.2, 0.25) is 0 Å². The fraction of sp³-hybridized carbons (Fsp3) is 0.286. The molecular weight excluding hydrogens is 380 g/mol. The van der Waals surface area contributed by atoms with E-state index in [1.165, 1.54) is 5.39 Å². The van der Waals surface area contributed by atoms with Crippen LogP contribution in [-0.2, 0) is 11.3 Å². The first-order valence-electron chi connectivity index (χ1n) is 9.06. The zero-order valence-corrected chi connectivity index (χ0v) is 16.5. The van der Waals surface area contributed by atoms with Crippen molar-refractivity contribution in [1.82, 2.24) is 9.47 Å². The van der Waals surface area contributed by atoms with Crippen LogP contribution in [0, 0.1) is 0 Å². The summed E-state index contributed by atoms with van der Waals surface area (Å²) in [6.07, 6.45) is 2.14. The Bertz CT molecular complexity index is 950. The molecule has 3 aromatic rings. The lowest BCUT2D eigenvalue weighted by Crippen LogP contribution is -2.40. The van der Waals surface area contributed by atoms with Gasteiger partial charge in [-0.2, -0.15) is 0 Å². The monoisotopic (exact) mass is 400 g/mol. The zero-order chi connectivity index (χ0) is 18.6. The van der Waals surface area contributed by atoms with Crippen LogP contribution < -0.4 is 4.74 Å². The highest BCUT2D eigenvalue weighted by Crippen LogP contribution is 2.25. The largest absolute Gasteiger partial charge is 0.490 e. The van der Waals surface area contributed by atoms with Gasteiger partial charge in [-0.3, -0.25) is 0 Å². The molecule has 0 bridgehead atoms. The summed E-state index contributed by atoms with van der Waals surface area (Å²) in [6, 6.07) is 15.9. The molecule has 1 aromatic heterocycles. The second kappa shape index (κ2) is 8.30. The molecule has 1 aliphatic heterocycles. The Balaban J connectivity index is 1.54. The van der Waals surface area contributed by atoms with Gasteiger partial charge in [-0.15, -0.1) is 0 Å². The van der Waals surface area contributed by atoms with E-state index in [0.717, 1.165) is 48.9 Å². The van der Waals surface area contributed by atoms with Gasteiger partial charge in [-0.05, 0) is 18.2 Å². The summed E-state index contributed by atoms with van der Waals surface area (Å²) in [5.41, 5.74) is 2.26. The van der Waals surface area contributed by atoms with Gasteiger partial charge >= 0.3 is 0 Å². The van der Waals surface area contributed by atoms with E-state index in [1.54, 1.807) is 0 Å². The molecule has 4 nitrogen and oxygen atoms in total. The van der Waals surface area contributed by atoms with Crippen LogP contribution in [0.2, 0.25) is 5.02 Å². The predicted molar refractivity (Wildman–Crippen MR) is 113 cm³/mol. The van der Waals surface area contributed by atoms with E-state index in [9.17, 15) is 0 Å². The van der Waals surface area contributed by atoms with Crippen LogP contribution in [0.15, 0.2) is 54.7 Å². The molecule has 2 heterocycles. The van der Waals surface area contributed by atoms with E-state index < -0.39 is 0 Å². The first-order valence-corrected chi connectivity index (χ1v) is 9.85. The van der Waals surface area contributed by atoms with Crippen molar-refractivity contribution in [3.8, 4) is 5.75 Å². The highest BCUT2D eigenvalue weighted by atomic mass is 35.5. The Morgan fingerprint density at radius 1 is 1.07 bits per heavy atom. The minimum absolute atomic E-state index is 0.534. The lowest BCUT2D eigenvalue weighted by molar-refractivity contribution is 0.0693. The highest BCUT2D eigenvalue weighted by molar-refractivity contribution is 7.80. The average molecular weight is 401 g/mol. The van der Waals surface area contributed by atoms with Gasteiger partial charge < -0.3 is 18.9 Å². The molecule has 140 valence electrons. The first kappa shape index (κ1) is 18.3. The third kappa shape index (κ3) is 3.95. The Labute approximate surface area is 169 Å². The summed E-state index contributed by atoms with van der Waals surface area (Å²) in [4.78, 5) is 3.12. The van der Waals surface area contributed by atoms with Crippen molar-refractivity contribution in [3.63, 3.8) is 0 Å². The van der Waals surface area contributed by atoms with E-state index in [1.807, 2.05) is 24.3 Å². The fourth-order valence-corrected chi connectivity index (χ4v) is 3.89. The molecule has 0 atom stereocenters. The smallest absolute Gasteiger partial charge is 0.137 e. The number of halogens is 1. The van der Waals surface area contributed by atoms with E-state index >= 15 is 0 Å². The van der Waals surface area contributed by atoms with Crippen molar-refractivity contribution >= 4 is 39.7 Å². The van der Waals surface area contributed by atoms with Gasteiger partial charge in [-0.1, -0.05) is 54.2 Å². The molecule has 2 aromatic carbocycles. The second-order valence-corrected chi connectivity index (χ2v) is 7.23. The van der Waals surface area contributed by atoms with Crippen LogP contribution in [0.3, 0.4) is 0 Å². The highest BCUT2D eigenvalue weighted by Gasteiger charge is 2.19. The summed E-state index contributed by atoms with van der Waals surface area (Å²) in [5, 5.41) is 1.80. The molecule has 4 rings (SSSR count). The Kier molecular flexibility index (Phi) is 5.62. The number of morpholine rings is 1. The van der Waals surface area contributed by atoms with E-state index in [-0.39, 0.29) is 0 Å². The fourth-order valence-electron chi connectivity index (χ4n) is 3.35. The summed E-state index contributed by atoms with van der Waals surface area (Å²) in [5.74, 6) is 0.708. The predicted octanol–water partition coefficient (Wildman–Crippen LogP) is 4.38.